The van der Waals surface area contributed by atoms with Gasteiger partial charge in [-0.05, 0) is 18.5 Å². The topological polar surface area (TPSA) is 29.9 Å². The molecular formula is C14H21N3. The molecule has 1 N–H and O–H groups in total. The Balaban J connectivity index is 2.09. The van der Waals surface area contributed by atoms with Crippen molar-refractivity contribution in [3.63, 3.8) is 0 Å². The van der Waals surface area contributed by atoms with E-state index in [0.29, 0.717) is 0 Å². The van der Waals surface area contributed by atoms with Crippen molar-refractivity contribution in [2.24, 2.45) is 13.0 Å². The Morgan fingerprint density at radius 3 is 2.88 bits per heavy atom. The summed E-state index contributed by atoms with van der Waals surface area (Å²) in [5.41, 5.74) is 2.35. The highest BCUT2D eigenvalue weighted by atomic mass is 15.3. The zero-order chi connectivity index (χ0) is 12.3. The number of rotatable bonds is 5. The lowest BCUT2D eigenvalue weighted by Gasteiger charge is -2.08. The molecule has 17 heavy (non-hydrogen) atoms. The first-order chi connectivity index (χ1) is 8.22. The van der Waals surface area contributed by atoms with Gasteiger partial charge >= 0.3 is 0 Å². The molecule has 1 aromatic heterocycles. The normalized spacial score (nSPS) is 13.1. The first-order valence-corrected chi connectivity index (χ1v) is 6.33. The number of para-hydroxylation sites is 1. The maximum absolute atomic E-state index is 4.57. The largest absolute Gasteiger partial charge is 0.311 e. The third kappa shape index (κ3) is 2.67. The van der Waals surface area contributed by atoms with Gasteiger partial charge in [0.15, 0.2) is 0 Å². The van der Waals surface area contributed by atoms with Gasteiger partial charge < -0.3 is 5.32 Å². The summed E-state index contributed by atoms with van der Waals surface area (Å²) in [7, 11) is 2.00. The second-order valence-corrected chi connectivity index (χ2v) is 4.73. The van der Waals surface area contributed by atoms with Crippen molar-refractivity contribution in [2.75, 3.05) is 6.54 Å². The summed E-state index contributed by atoms with van der Waals surface area (Å²) in [5.74, 6) is 0.727. The van der Waals surface area contributed by atoms with Gasteiger partial charge in [-0.1, -0.05) is 38.5 Å². The zero-order valence-electron chi connectivity index (χ0n) is 10.9. The molecule has 3 heteroatoms. The van der Waals surface area contributed by atoms with Crippen LogP contribution in [0.1, 0.15) is 26.0 Å². The van der Waals surface area contributed by atoms with E-state index in [0.717, 1.165) is 24.7 Å². The standard InChI is InChI=1S/C14H21N3/c1-4-11(2)9-15-10-13-12-7-5-6-8-14(12)17(3)16-13/h5-8,11,15H,4,9-10H2,1-3H3. The quantitative estimate of drug-likeness (QED) is 0.857. The molecule has 0 fully saturated rings. The van der Waals surface area contributed by atoms with Gasteiger partial charge in [0, 0.05) is 19.0 Å². The van der Waals surface area contributed by atoms with Crippen LogP contribution in [-0.2, 0) is 13.6 Å². The fraction of sp³-hybridized carbons (Fsp3) is 0.500. The molecule has 0 amide bonds. The third-order valence-electron chi connectivity index (χ3n) is 3.32. The predicted molar refractivity (Wildman–Crippen MR) is 71.9 cm³/mol. The molecule has 2 aromatic rings. The molecule has 0 aliphatic heterocycles. The summed E-state index contributed by atoms with van der Waals surface area (Å²) < 4.78 is 1.95. The van der Waals surface area contributed by atoms with Crippen LogP contribution in [0.3, 0.4) is 0 Å². The van der Waals surface area contributed by atoms with E-state index in [9.17, 15) is 0 Å². The smallest absolute Gasteiger partial charge is 0.0841 e. The third-order valence-corrected chi connectivity index (χ3v) is 3.32. The van der Waals surface area contributed by atoms with Gasteiger partial charge in [-0.25, -0.2) is 0 Å². The van der Waals surface area contributed by atoms with Crippen LogP contribution in [0, 0.1) is 5.92 Å². The van der Waals surface area contributed by atoms with E-state index >= 15 is 0 Å². The molecule has 0 saturated carbocycles. The van der Waals surface area contributed by atoms with Crippen LogP contribution in [0.15, 0.2) is 24.3 Å². The predicted octanol–water partition coefficient (Wildman–Crippen LogP) is 2.71. The van der Waals surface area contributed by atoms with E-state index < -0.39 is 0 Å². The number of hydrogen-bond donors (Lipinski definition) is 1. The molecule has 92 valence electrons. The number of aryl methyl sites for hydroxylation is 1. The van der Waals surface area contributed by atoms with Gasteiger partial charge in [-0.3, -0.25) is 4.68 Å². The van der Waals surface area contributed by atoms with Crippen molar-refractivity contribution in [2.45, 2.75) is 26.8 Å². The van der Waals surface area contributed by atoms with Crippen LogP contribution in [0.5, 0.6) is 0 Å². The minimum Gasteiger partial charge on any atom is -0.311 e. The minimum absolute atomic E-state index is 0.727. The van der Waals surface area contributed by atoms with Gasteiger partial charge in [0.25, 0.3) is 0 Å². The average molecular weight is 231 g/mol. The molecule has 0 bridgehead atoms. The number of nitrogens with one attached hydrogen (secondary N) is 1. The average Bonchev–Trinajstić information content (AvgIpc) is 2.67. The van der Waals surface area contributed by atoms with Crippen molar-refractivity contribution < 1.29 is 0 Å². The molecular weight excluding hydrogens is 210 g/mol. The lowest BCUT2D eigenvalue weighted by Crippen LogP contribution is -2.20. The van der Waals surface area contributed by atoms with Gasteiger partial charge in [0.2, 0.25) is 0 Å². The Hall–Kier alpha value is -1.35. The molecule has 1 atom stereocenters. The first kappa shape index (κ1) is 12.1. The van der Waals surface area contributed by atoms with Crippen LogP contribution in [0.2, 0.25) is 0 Å². The maximum Gasteiger partial charge on any atom is 0.0841 e. The molecule has 0 aliphatic rings. The Morgan fingerprint density at radius 2 is 2.12 bits per heavy atom. The van der Waals surface area contributed by atoms with E-state index in [1.54, 1.807) is 0 Å². The van der Waals surface area contributed by atoms with Gasteiger partial charge in [0.05, 0.1) is 11.2 Å². The molecule has 1 heterocycles. The summed E-state index contributed by atoms with van der Waals surface area (Å²) in [4.78, 5) is 0. The second-order valence-electron chi connectivity index (χ2n) is 4.73. The highest BCUT2D eigenvalue weighted by molar-refractivity contribution is 5.81. The van der Waals surface area contributed by atoms with E-state index in [-0.39, 0.29) is 0 Å². The molecule has 0 aliphatic carbocycles. The van der Waals surface area contributed by atoms with Gasteiger partial charge in [0.1, 0.15) is 0 Å². The number of nitrogens with zero attached hydrogens (tertiary/aromatic N) is 2. The van der Waals surface area contributed by atoms with Crippen LogP contribution in [-0.4, -0.2) is 16.3 Å². The molecule has 1 aromatic carbocycles. The van der Waals surface area contributed by atoms with E-state index in [1.807, 2.05) is 11.7 Å². The van der Waals surface area contributed by atoms with Crippen molar-refractivity contribution >= 4 is 10.9 Å². The minimum atomic E-state index is 0.727. The summed E-state index contributed by atoms with van der Waals surface area (Å²) in [6.45, 7) is 6.40. The Bertz CT molecular complexity index is 487. The highest BCUT2D eigenvalue weighted by Gasteiger charge is 2.07. The Kier molecular flexibility index (Phi) is 3.79. The number of hydrogen-bond acceptors (Lipinski definition) is 2. The van der Waals surface area contributed by atoms with E-state index in [2.05, 4.69) is 48.5 Å². The summed E-state index contributed by atoms with van der Waals surface area (Å²) >= 11 is 0. The van der Waals surface area contributed by atoms with Crippen LogP contribution in [0.4, 0.5) is 0 Å². The van der Waals surface area contributed by atoms with E-state index in [4.69, 9.17) is 0 Å². The van der Waals surface area contributed by atoms with Crippen molar-refractivity contribution in [3.8, 4) is 0 Å². The van der Waals surface area contributed by atoms with Gasteiger partial charge in [-0.2, -0.15) is 5.10 Å². The van der Waals surface area contributed by atoms with E-state index in [1.165, 1.54) is 17.3 Å². The van der Waals surface area contributed by atoms with Gasteiger partial charge in [-0.15, -0.1) is 0 Å². The van der Waals surface area contributed by atoms with Crippen LogP contribution in [0.25, 0.3) is 10.9 Å². The fourth-order valence-corrected chi connectivity index (χ4v) is 2.00. The molecule has 0 saturated heterocycles. The summed E-state index contributed by atoms with van der Waals surface area (Å²) in [6.07, 6.45) is 1.22. The number of fused-ring (bicyclic) bond motifs is 1. The van der Waals surface area contributed by atoms with Crippen LogP contribution >= 0.6 is 0 Å². The van der Waals surface area contributed by atoms with Crippen molar-refractivity contribution in [3.05, 3.63) is 30.0 Å². The Morgan fingerprint density at radius 1 is 1.35 bits per heavy atom. The monoisotopic (exact) mass is 231 g/mol. The molecule has 0 spiro atoms. The number of aromatic nitrogens is 2. The molecule has 0 radical (unpaired) electrons. The van der Waals surface area contributed by atoms with Crippen LogP contribution < -0.4 is 5.32 Å². The second kappa shape index (κ2) is 5.32. The number of benzene rings is 1. The lowest BCUT2D eigenvalue weighted by atomic mass is 10.1. The molecule has 1 unspecified atom stereocenters. The van der Waals surface area contributed by atoms with Crippen molar-refractivity contribution in [1.82, 2.24) is 15.1 Å². The zero-order valence-corrected chi connectivity index (χ0v) is 10.9. The van der Waals surface area contributed by atoms with Crippen molar-refractivity contribution in [1.29, 1.82) is 0 Å². The summed E-state index contributed by atoms with van der Waals surface area (Å²) in [5, 5.41) is 9.30. The maximum atomic E-state index is 4.57. The first-order valence-electron chi connectivity index (χ1n) is 6.33. The Labute approximate surface area is 103 Å². The fourth-order valence-electron chi connectivity index (χ4n) is 2.00. The SMILES string of the molecule is CCC(C)CNCc1nn(C)c2ccccc12. The molecule has 2 rings (SSSR count). The molecule has 3 nitrogen and oxygen atoms in total. The highest BCUT2D eigenvalue weighted by Crippen LogP contribution is 2.17. The summed E-state index contributed by atoms with van der Waals surface area (Å²) in [6, 6.07) is 8.38. The lowest BCUT2D eigenvalue weighted by molar-refractivity contribution is 0.496.